The van der Waals surface area contributed by atoms with Crippen LogP contribution in [0.1, 0.15) is 33.6 Å². The first-order valence-electron chi connectivity index (χ1n) is 5.28. The number of hydrogen-bond acceptors (Lipinski definition) is 2. The first kappa shape index (κ1) is 11.0. The molecule has 1 aliphatic rings. The van der Waals surface area contributed by atoms with Gasteiger partial charge in [-0.05, 0) is 20.3 Å². The van der Waals surface area contributed by atoms with E-state index in [1.165, 1.54) is 0 Å². The summed E-state index contributed by atoms with van der Waals surface area (Å²) in [5, 5.41) is 0. The van der Waals surface area contributed by atoms with E-state index in [9.17, 15) is 4.79 Å². The molecule has 0 aromatic rings. The van der Waals surface area contributed by atoms with E-state index in [0.717, 1.165) is 30.9 Å². The Balaban J connectivity index is 2.89. The van der Waals surface area contributed by atoms with Gasteiger partial charge in [-0.15, -0.1) is 0 Å². The number of aliphatic imine (C=N–C) groups is 1. The first-order valence-corrected chi connectivity index (χ1v) is 5.28. The Bertz CT molecular complexity index is 279. The van der Waals surface area contributed by atoms with Gasteiger partial charge in [0, 0.05) is 25.1 Å². The molecule has 78 valence electrons. The third-order valence-corrected chi connectivity index (χ3v) is 2.29. The monoisotopic (exact) mass is 194 g/mol. The van der Waals surface area contributed by atoms with E-state index in [1.807, 2.05) is 26.8 Å². The molecule has 0 atom stereocenters. The normalized spacial score (nSPS) is 22.8. The van der Waals surface area contributed by atoms with Crippen molar-refractivity contribution < 1.29 is 4.79 Å². The summed E-state index contributed by atoms with van der Waals surface area (Å²) in [5.74, 6) is 1.07. The van der Waals surface area contributed by atoms with Crippen LogP contribution < -0.4 is 0 Å². The van der Waals surface area contributed by atoms with E-state index >= 15 is 0 Å². The van der Waals surface area contributed by atoms with Crippen LogP contribution in [0.15, 0.2) is 16.6 Å². The zero-order valence-corrected chi connectivity index (χ0v) is 9.21. The number of nitrogens with zero attached hydrogens (tertiary/aromatic N) is 2. The van der Waals surface area contributed by atoms with Crippen LogP contribution in [-0.4, -0.2) is 29.7 Å². The van der Waals surface area contributed by atoms with Crippen LogP contribution in [0.4, 0.5) is 0 Å². The van der Waals surface area contributed by atoms with Gasteiger partial charge in [0.15, 0.2) is 0 Å². The highest BCUT2D eigenvalue weighted by Crippen LogP contribution is 2.20. The molecule has 1 heterocycles. The number of carbonyl (C=O) groups is 1. The molecule has 0 saturated carbocycles. The average molecular weight is 194 g/mol. The Labute approximate surface area is 85.5 Å². The third kappa shape index (κ3) is 2.03. The summed E-state index contributed by atoms with van der Waals surface area (Å²) in [6, 6.07) is 0. The first-order chi connectivity index (χ1) is 6.74. The van der Waals surface area contributed by atoms with Crippen molar-refractivity contribution in [3.63, 3.8) is 0 Å². The van der Waals surface area contributed by atoms with Crippen molar-refractivity contribution in [2.45, 2.75) is 33.6 Å². The van der Waals surface area contributed by atoms with E-state index in [1.54, 1.807) is 4.90 Å². The molecule has 0 spiro atoms. The van der Waals surface area contributed by atoms with E-state index in [-0.39, 0.29) is 5.91 Å². The Morgan fingerprint density at radius 2 is 2.14 bits per heavy atom. The number of rotatable bonds is 3. The second-order valence-corrected chi connectivity index (χ2v) is 3.25. The Morgan fingerprint density at radius 1 is 1.43 bits per heavy atom. The quantitative estimate of drug-likeness (QED) is 0.632. The molecule has 1 saturated heterocycles. The van der Waals surface area contributed by atoms with Gasteiger partial charge < -0.3 is 0 Å². The van der Waals surface area contributed by atoms with E-state index < -0.39 is 0 Å². The topological polar surface area (TPSA) is 32.7 Å². The molecule has 0 N–H and O–H groups in total. The highest BCUT2D eigenvalue weighted by Gasteiger charge is 2.29. The molecule has 1 fully saturated rings. The molecule has 0 aromatic carbocycles. The summed E-state index contributed by atoms with van der Waals surface area (Å²) in [4.78, 5) is 17.9. The minimum Gasteiger partial charge on any atom is -0.297 e. The number of carbonyl (C=O) groups excluding carboxylic acids is 1. The van der Waals surface area contributed by atoms with Crippen LogP contribution in [-0.2, 0) is 4.79 Å². The highest BCUT2D eigenvalue weighted by atomic mass is 16.2. The molecule has 0 radical (unpaired) electrons. The van der Waals surface area contributed by atoms with Gasteiger partial charge in [-0.25, -0.2) is 0 Å². The lowest BCUT2D eigenvalue weighted by molar-refractivity contribution is -0.122. The molecular formula is C11H18N2O. The molecule has 1 amide bonds. The zero-order chi connectivity index (χ0) is 10.6. The molecule has 3 heteroatoms. The minimum atomic E-state index is 0.140. The van der Waals surface area contributed by atoms with Crippen molar-refractivity contribution >= 4 is 11.7 Å². The molecule has 3 nitrogen and oxygen atoms in total. The molecule has 0 bridgehead atoms. The van der Waals surface area contributed by atoms with Crippen LogP contribution in [0, 0.1) is 0 Å². The van der Waals surface area contributed by atoms with E-state index in [4.69, 9.17) is 0 Å². The second kappa shape index (κ2) is 4.94. The number of amides is 1. The fraction of sp³-hybridized carbons (Fsp3) is 0.636. The molecule has 0 unspecified atom stereocenters. The molecule has 0 aromatic heterocycles. The highest BCUT2D eigenvalue weighted by molar-refractivity contribution is 6.15. The number of amidine groups is 1. The van der Waals surface area contributed by atoms with Gasteiger partial charge in [0.05, 0.1) is 0 Å². The average Bonchev–Trinajstić information content (AvgIpc) is 2.45. The lowest BCUT2D eigenvalue weighted by Crippen LogP contribution is -2.29. The van der Waals surface area contributed by atoms with E-state index in [0.29, 0.717) is 6.42 Å². The lowest BCUT2D eigenvalue weighted by Gasteiger charge is -2.12. The molecule has 1 rings (SSSR count). The van der Waals surface area contributed by atoms with Crippen molar-refractivity contribution in [2.75, 3.05) is 13.1 Å². The van der Waals surface area contributed by atoms with Gasteiger partial charge in [0.2, 0.25) is 0 Å². The summed E-state index contributed by atoms with van der Waals surface area (Å²) >= 11 is 0. The Hall–Kier alpha value is -1.12. The lowest BCUT2D eigenvalue weighted by atomic mass is 10.2. The van der Waals surface area contributed by atoms with Gasteiger partial charge >= 0.3 is 0 Å². The number of likely N-dealkylation sites (N-methyl/N-ethyl adjacent to an activating group) is 1. The SMILES string of the molecule is CC/C=C1\C/C(=N\CC)N(CC)C1=O. The standard InChI is InChI=1S/C11H18N2O/c1-4-7-9-8-10(12-5-2)13(6-3)11(9)14/h7H,4-6,8H2,1-3H3/b9-7+,12-10+. The van der Waals surface area contributed by atoms with Crippen LogP contribution in [0.3, 0.4) is 0 Å². The van der Waals surface area contributed by atoms with Crippen LogP contribution in [0.25, 0.3) is 0 Å². The van der Waals surface area contributed by atoms with Crippen molar-refractivity contribution in [3.05, 3.63) is 11.6 Å². The number of allylic oxidation sites excluding steroid dienone is 1. The van der Waals surface area contributed by atoms with Crippen LogP contribution in [0.2, 0.25) is 0 Å². The van der Waals surface area contributed by atoms with Gasteiger partial charge in [0.25, 0.3) is 5.91 Å². The summed E-state index contributed by atoms with van der Waals surface area (Å²) in [6.45, 7) is 7.49. The Morgan fingerprint density at radius 3 is 2.64 bits per heavy atom. The second-order valence-electron chi connectivity index (χ2n) is 3.25. The minimum absolute atomic E-state index is 0.140. The molecular weight excluding hydrogens is 176 g/mol. The van der Waals surface area contributed by atoms with Crippen LogP contribution >= 0.6 is 0 Å². The van der Waals surface area contributed by atoms with Crippen molar-refractivity contribution in [3.8, 4) is 0 Å². The van der Waals surface area contributed by atoms with Crippen molar-refractivity contribution in [2.24, 2.45) is 4.99 Å². The maximum atomic E-state index is 11.8. The Kier molecular flexibility index (Phi) is 3.86. The molecule has 14 heavy (non-hydrogen) atoms. The molecule has 1 aliphatic heterocycles. The predicted molar refractivity (Wildman–Crippen MR) is 58.4 cm³/mol. The molecule has 0 aliphatic carbocycles. The van der Waals surface area contributed by atoms with Gasteiger partial charge in [0.1, 0.15) is 5.84 Å². The summed E-state index contributed by atoms with van der Waals surface area (Å²) in [6.07, 6.45) is 3.63. The predicted octanol–water partition coefficient (Wildman–Crippen LogP) is 1.99. The van der Waals surface area contributed by atoms with Gasteiger partial charge in [-0.1, -0.05) is 13.0 Å². The van der Waals surface area contributed by atoms with Crippen molar-refractivity contribution in [1.29, 1.82) is 0 Å². The van der Waals surface area contributed by atoms with Crippen LogP contribution in [0.5, 0.6) is 0 Å². The largest absolute Gasteiger partial charge is 0.297 e. The number of likely N-dealkylation sites (tertiary alicyclic amines) is 1. The smallest absolute Gasteiger partial charge is 0.255 e. The fourth-order valence-electron chi connectivity index (χ4n) is 1.69. The van der Waals surface area contributed by atoms with Crippen molar-refractivity contribution in [1.82, 2.24) is 4.90 Å². The summed E-state index contributed by atoms with van der Waals surface area (Å²) in [5.41, 5.74) is 0.904. The van der Waals surface area contributed by atoms with Gasteiger partial charge in [-0.2, -0.15) is 0 Å². The fourth-order valence-corrected chi connectivity index (χ4v) is 1.69. The number of hydrogen-bond donors (Lipinski definition) is 0. The third-order valence-electron chi connectivity index (χ3n) is 2.29. The maximum absolute atomic E-state index is 11.8. The summed E-state index contributed by atoms with van der Waals surface area (Å²) < 4.78 is 0. The van der Waals surface area contributed by atoms with Gasteiger partial charge in [-0.3, -0.25) is 14.7 Å². The van der Waals surface area contributed by atoms with E-state index in [2.05, 4.69) is 4.99 Å². The maximum Gasteiger partial charge on any atom is 0.255 e. The summed E-state index contributed by atoms with van der Waals surface area (Å²) in [7, 11) is 0. The zero-order valence-electron chi connectivity index (χ0n) is 9.21.